The van der Waals surface area contributed by atoms with Crippen LogP contribution in [-0.4, -0.2) is 23.8 Å². The van der Waals surface area contributed by atoms with Crippen molar-refractivity contribution in [3.05, 3.63) is 120 Å². The van der Waals surface area contributed by atoms with Crippen LogP contribution in [0.1, 0.15) is 51.7 Å². The molecule has 5 aromatic carbocycles. The summed E-state index contributed by atoms with van der Waals surface area (Å²) >= 11 is 0. The van der Waals surface area contributed by atoms with Gasteiger partial charge < -0.3 is 10.1 Å². The monoisotopic (exact) mass is 585 g/mol. The van der Waals surface area contributed by atoms with Crippen LogP contribution in [0.3, 0.4) is 0 Å². The molecule has 0 spiro atoms. The van der Waals surface area contributed by atoms with Crippen molar-refractivity contribution in [3.63, 3.8) is 0 Å². The van der Waals surface area contributed by atoms with Crippen molar-refractivity contribution in [1.82, 2.24) is 5.32 Å². The average Bonchev–Trinajstić information content (AvgIpc) is 3.05. The second-order valence-electron chi connectivity index (χ2n) is 11.7. The van der Waals surface area contributed by atoms with Crippen molar-refractivity contribution in [2.45, 2.75) is 53.2 Å². The van der Waals surface area contributed by atoms with Crippen molar-refractivity contribution in [2.24, 2.45) is 11.8 Å². The lowest BCUT2D eigenvalue weighted by atomic mass is 9.84. The first-order valence-electron chi connectivity index (χ1n) is 15.2. The zero-order chi connectivity index (χ0) is 31.4. The van der Waals surface area contributed by atoms with Crippen LogP contribution in [0.2, 0.25) is 0 Å². The lowest BCUT2D eigenvalue weighted by Crippen LogP contribution is -2.39. The SMILES string of the molecule is C/C=C(C)/C=C/C(=O)C(C(=O)OC(C)C(C)C(=O)NCc1ccc2ccc3cccc4ccc1c2c34)C(C)c1ccccc1. The zero-order valence-corrected chi connectivity index (χ0v) is 26.0. The van der Waals surface area contributed by atoms with Gasteiger partial charge in [0.05, 0.1) is 5.92 Å². The Morgan fingerprint density at radius 3 is 2.09 bits per heavy atom. The van der Waals surface area contributed by atoms with Gasteiger partial charge in [0.2, 0.25) is 5.91 Å². The highest BCUT2D eigenvalue weighted by Gasteiger charge is 2.35. The maximum absolute atomic E-state index is 13.5. The summed E-state index contributed by atoms with van der Waals surface area (Å²) in [5.74, 6) is -3.24. The molecule has 0 heterocycles. The minimum absolute atomic E-state index is 0.224. The van der Waals surface area contributed by atoms with Gasteiger partial charge in [-0.25, -0.2) is 0 Å². The number of amides is 1. The van der Waals surface area contributed by atoms with Crippen LogP contribution in [0, 0.1) is 11.8 Å². The van der Waals surface area contributed by atoms with Crippen molar-refractivity contribution in [1.29, 1.82) is 0 Å². The van der Waals surface area contributed by atoms with Gasteiger partial charge >= 0.3 is 5.97 Å². The molecule has 4 atom stereocenters. The smallest absolute Gasteiger partial charge is 0.317 e. The molecule has 1 amide bonds. The molecule has 0 aromatic heterocycles. The number of carbonyl (C=O) groups excluding carboxylic acids is 3. The van der Waals surface area contributed by atoms with Gasteiger partial charge in [0.15, 0.2) is 5.78 Å². The molecule has 44 heavy (non-hydrogen) atoms. The normalized spacial score (nSPS) is 15.0. The predicted molar refractivity (Wildman–Crippen MR) is 179 cm³/mol. The van der Waals surface area contributed by atoms with Gasteiger partial charge in [0.1, 0.15) is 12.0 Å². The zero-order valence-electron chi connectivity index (χ0n) is 26.0. The van der Waals surface area contributed by atoms with Crippen molar-refractivity contribution in [2.75, 3.05) is 0 Å². The van der Waals surface area contributed by atoms with Crippen LogP contribution in [0.5, 0.6) is 0 Å². The number of allylic oxidation sites excluding steroid dienone is 4. The van der Waals surface area contributed by atoms with Gasteiger partial charge in [-0.15, -0.1) is 0 Å². The van der Waals surface area contributed by atoms with Gasteiger partial charge in [-0.3, -0.25) is 14.4 Å². The summed E-state index contributed by atoms with van der Waals surface area (Å²) in [4.78, 5) is 40.1. The third kappa shape index (κ3) is 6.28. The maximum atomic E-state index is 13.5. The Morgan fingerprint density at radius 1 is 0.773 bits per heavy atom. The molecule has 5 aromatic rings. The highest BCUT2D eigenvalue weighted by atomic mass is 16.5. The molecule has 0 bridgehead atoms. The minimum atomic E-state index is -1.03. The quantitative estimate of drug-likeness (QED) is 0.0557. The number of ether oxygens (including phenoxy) is 1. The Labute approximate surface area is 258 Å². The van der Waals surface area contributed by atoms with Crippen LogP contribution < -0.4 is 5.32 Å². The molecule has 5 heteroatoms. The lowest BCUT2D eigenvalue weighted by Gasteiger charge is -2.25. The van der Waals surface area contributed by atoms with E-state index in [4.69, 9.17) is 4.74 Å². The van der Waals surface area contributed by atoms with E-state index in [1.54, 1.807) is 19.9 Å². The Kier molecular flexibility index (Phi) is 9.24. The number of benzene rings is 5. The van der Waals surface area contributed by atoms with Crippen molar-refractivity contribution < 1.29 is 19.1 Å². The third-order valence-electron chi connectivity index (χ3n) is 8.84. The summed E-state index contributed by atoms with van der Waals surface area (Å²) in [6.45, 7) is 9.42. The van der Waals surface area contributed by atoms with E-state index in [2.05, 4.69) is 59.9 Å². The first-order chi connectivity index (χ1) is 21.2. The van der Waals surface area contributed by atoms with Crippen LogP contribution in [0.4, 0.5) is 0 Å². The molecular formula is C39H39NO4. The number of nitrogens with one attached hydrogen (secondary N) is 1. The Morgan fingerprint density at radius 2 is 1.41 bits per heavy atom. The summed E-state index contributed by atoms with van der Waals surface area (Å²) in [6, 6.07) is 28.5. The van der Waals surface area contributed by atoms with E-state index < -0.39 is 29.8 Å². The van der Waals surface area contributed by atoms with Crippen LogP contribution in [0.15, 0.2) is 109 Å². The van der Waals surface area contributed by atoms with Gasteiger partial charge in [-0.1, -0.05) is 117 Å². The van der Waals surface area contributed by atoms with Crippen molar-refractivity contribution in [3.8, 4) is 0 Å². The van der Waals surface area contributed by atoms with E-state index in [-0.39, 0.29) is 11.7 Å². The second kappa shape index (κ2) is 13.3. The highest BCUT2D eigenvalue weighted by Crippen LogP contribution is 2.36. The summed E-state index contributed by atoms with van der Waals surface area (Å²) in [6.07, 6.45) is 4.31. The average molecular weight is 586 g/mol. The Bertz CT molecular complexity index is 1850. The lowest BCUT2D eigenvalue weighted by molar-refractivity contribution is -0.159. The van der Waals surface area contributed by atoms with Gasteiger partial charge in [-0.2, -0.15) is 0 Å². The summed E-state index contributed by atoms with van der Waals surface area (Å²) in [5, 5.41) is 10.1. The molecule has 1 N–H and O–H groups in total. The highest BCUT2D eigenvalue weighted by molar-refractivity contribution is 6.23. The maximum Gasteiger partial charge on any atom is 0.317 e. The summed E-state index contributed by atoms with van der Waals surface area (Å²) < 4.78 is 5.82. The van der Waals surface area contributed by atoms with E-state index in [1.807, 2.05) is 57.2 Å². The van der Waals surface area contributed by atoms with Crippen molar-refractivity contribution >= 4 is 50.0 Å². The van der Waals surface area contributed by atoms with Gasteiger partial charge in [-0.05, 0) is 70.3 Å². The van der Waals surface area contributed by atoms with E-state index >= 15 is 0 Å². The second-order valence-corrected chi connectivity index (χ2v) is 11.7. The van der Waals surface area contributed by atoms with E-state index in [1.165, 1.54) is 27.6 Å². The molecule has 0 aliphatic rings. The molecular weight excluding hydrogens is 546 g/mol. The van der Waals surface area contributed by atoms with E-state index in [0.29, 0.717) is 6.54 Å². The molecule has 224 valence electrons. The number of hydrogen-bond donors (Lipinski definition) is 1. The van der Waals surface area contributed by atoms with Gasteiger partial charge in [0, 0.05) is 12.5 Å². The number of esters is 1. The standard InChI is InChI=1S/C39H39NO4/c1-6-24(2)15-22-34(41)35(26(4)28-11-8-7-9-12-28)39(43)44-27(5)25(3)38(42)40-23-32-19-18-31-17-16-29-13-10-14-30-20-21-33(32)37(31)36(29)30/h6-22,25-27,35H,23H2,1-5H3,(H,40,42)/b22-15+,24-6+. The molecule has 0 aliphatic heterocycles. The fraction of sp³-hybridized carbons (Fsp3) is 0.256. The molecule has 5 nitrogen and oxygen atoms in total. The molecule has 0 aliphatic carbocycles. The first-order valence-corrected chi connectivity index (χ1v) is 15.2. The summed E-state index contributed by atoms with van der Waals surface area (Å²) in [7, 11) is 0. The Balaban J connectivity index is 1.30. The fourth-order valence-corrected chi connectivity index (χ4v) is 5.79. The molecule has 0 fully saturated rings. The Hall–Kier alpha value is -4.77. The summed E-state index contributed by atoms with van der Waals surface area (Å²) in [5.41, 5.74) is 2.80. The predicted octanol–water partition coefficient (Wildman–Crippen LogP) is 8.28. The fourth-order valence-electron chi connectivity index (χ4n) is 5.79. The van der Waals surface area contributed by atoms with Gasteiger partial charge in [0.25, 0.3) is 0 Å². The molecule has 4 unspecified atom stereocenters. The molecule has 5 rings (SSSR count). The first kappa shape index (κ1) is 30.7. The number of hydrogen-bond acceptors (Lipinski definition) is 4. The molecule has 0 saturated heterocycles. The largest absolute Gasteiger partial charge is 0.461 e. The molecule has 0 radical (unpaired) electrons. The number of rotatable bonds is 11. The van der Waals surface area contributed by atoms with Crippen LogP contribution in [-0.2, 0) is 25.7 Å². The molecule has 0 saturated carbocycles. The van der Waals surface area contributed by atoms with E-state index in [9.17, 15) is 14.4 Å². The number of carbonyl (C=O) groups is 3. The van der Waals surface area contributed by atoms with Crippen LogP contribution in [0.25, 0.3) is 32.3 Å². The van der Waals surface area contributed by atoms with E-state index in [0.717, 1.165) is 27.5 Å². The number of ketones is 1. The topological polar surface area (TPSA) is 72.5 Å². The minimum Gasteiger partial charge on any atom is -0.461 e. The third-order valence-corrected chi connectivity index (χ3v) is 8.84. The van der Waals surface area contributed by atoms with Crippen LogP contribution >= 0.6 is 0 Å².